The van der Waals surface area contributed by atoms with Gasteiger partial charge in [-0.3, -0.25) is 4.90 Å². The van der Waals surface area contributed by atoms with E-state index in [2.05, 4.69) is 53.5 Å². The predicted octanol–water partition coefficient (Wildman–Crippen LogP) is 4.86. The first kappa shape index (κ1) is 22.8. The fourth-order valence-corrected chi connectivity index (χ4v) is 3.35. The van der Waals surface area contributed by atoms with Crippen molar-refractivity contribution >= 4 is 24.8 Å². The summed E-state index contributed by atoms with van der Waals surface area (Å²) in [5.74, 6) is 0.943. The minimum absolute atomic E-state index is 0. The van der Waals surface area contributed by atoms with Crippen LogP contribution in [0.3, 0.4) is 0 Å². The first-order valence-corrected chi connectivity index (χ1v) is 9.08. The van der Waals surface area contributed by atoms with Crippen molar-refractivity contribution < 1.29 is 4.74 Å². The van der Waals surface area contributed by atoms with Crippen LogP contribution in [0.25, 0.3) is 0 Å². The van der Waals surface area contributed by atoms with Gasteiger partial charge in [-0.05, 0) is 29.7 Å². The van der Waals surface area contributed by atoms with Gasteiger partial charge in [-0.1, -0.05) is 55.8 Å². The topological polar surface area (TPSA) is 24.5 Å². The highest BCUT2D eigenvalue weighted by Crippen LogP contribution is 2.27. The van der Waals surface area contributed by atoms with Gasteiger partial charge in [0.2, 0.25) is 0 Å². The molecule has 0 saturated carbocycles. The Morgan fingerprint density at radius 3 is 2.23 bits per heavy atom. The molecule has 1 saturated heterocycles. The predicted molar refractivity (Wildman–Crippen MR) is 114 cm³/mol. The number of hydrogen-bond acceptors (Lipinski definition) is 3. The van der Waals surface area contributed by atoms with E-state index in [1.54, 1.807) is 0 Å². The number of piperazine rings is 1. The van der Waals surface area contributed by atoms with Crippen LogP contribution in [0.15, 0.2) is 54.6 Å². The highest BCUT2D eigenvalue weighted by molar-refractivity contribution is 5.85. The average Bonchev–Trinajstić information content (AvgIpc) is 2.66. The van der Waals surface area contributed by atoms with E-state index in [0.29, 0.717) is 12.6 Å². The second-order valence-electron chi connectivity index (χ2n) is 6.43. The van der Waals surface area contributed by atoms with Gasteiger partial charge in [0.05, 0.1) is 0 Å². The van der Waals surface area contributed by atoms with Gasteiger partial charge in [-0.15, -0.1) is 24.8 Å². The van der Waals surface area contributed by atoms with Crippen molar-refractivity contribution in [3.8, 4) is 5.75 Å². The van der Waals surface area contributed by atoms with Crippen molar-refractivity contribution in [1.82, 2.24) is 10.2 Å². The Kier molecular flexibility index (Phi) is 10.7. The summed E-state index contributed by atoms with van der Waals surface area (Å²) in [6, 6.07) is 19.5. The third kappa shape index (κ3) is 6.48. The van der Waals surface area contributed by atoms with E-state index in [1.807, 2.05) is 18.2 Å². The molecule has 3 rings (SSSR count). The number of nitrogens with zero attached hydrogens (tertiary/aromatic N) is 1. The highest BCUT2D eigenvalue weighted by atomic mass is 35.5. The molecule has 0 unspecified atom stereocenters. The van der Waals surface area contributed by atoms with Gasteiger partial charge < -0.3 is 10.1 Å². The van der Waals surface area contributed by atoms with Gasteiger partial charge in [0.15, 0.2) is 0 Å². The molecule has 0 aliphatic carbocycles. The quantitative estimate of drug-likeness (QED) is 0.723. The first-order valence-electron chi connectivity index (χ1n) is 9.08. The minimum atomic E-state index is 0. The smallest absolute Gasteiger partial charge is 0.119 e. The van der Waals surface area contributed by atoms with E-state index in [0.717, 1.165) is 31.9 Å². The molecular formula is C21H30Cl2N2O. The maximum Gasteiger partial charge on any atom is 0.119 e. The summed E-state index contributed by atoms with van der Waals surface area (Å²) in [4.78, 5) is 2.61. The lowest BCUT2D eigenvalue weighted by Gasteiger charge is -2.35. The zero-order chi connectivity index (χ0) is 16.6. The Morgan fingerprint density at radius 2 is 1.62 bits per heavy atom. The fourth-order valence-electron chi connectivity index (χ4n) is 3.35. The largest absolute Gasteiger partial charge is 0.489 e. The summed E-state index contributed by atoms with van der Waals surface area (Å²) in [6.45, 7) is 7.35. The zero-order valence-electron chi connectivity index (χ0n) is 15.4. The Hall–Kier alpha value is -1.26. The number of ether oxygens (including phenoxy) is 1. The zero-order valence-corrected chi connectivity index (χ0v) is 17.0. The maximum atomic E-state index is 5.91. The number of halogens is 2. The molecule has 1 fully saturated rings. The van der Waals surface area contributed by atoms with E-state index in [1.165, 1.54) is 24.0 Å². The SMILES string of the molecule is CCC[C@@H](c1ccc(OCc2ccccc2)cc1)N1CCNCC1.Cl.Cl. The Balaban J connectivity index is 0.00000169. The summed E-state index contributed by atoms with van der Waals surface area (Å²) in [7, 11) is 0. The standard InChI is InChI=1S/C21H28N2O.2ClH/c1-2-6-21(23-15-13-22-14-16-23)19-9-11-20(12-10-19)24-17-18-7-4-3-5-8-18;;/h3-5,7-12,21-22H,2,6,13-17H2,1H3;2*1H/t21-;;/m0../s1. The molecule has 0 spiro atoms. The third-order valence-electron chi connectivity index (χ3n) is 4.67. The van der Waals surface area contributed by atoms with Gasteiger partial charge >= 0.3 is 0 Å². The average molecular weight is 397 g/mol. The summed E-state index contributed by atoms with van der Waals surface area (Å²) in [5, 5.41) is 3.44. The Labute approximate surface area is 169 Å². The molecule has 1 aliphatic heterocycles. The van der Waals surface area contributed by atoms with Gasteiger partial charge in [0.1, 0.15) is 12.4 Å². The normalized spacial score (nSPS) is 15.4. The van der Waals surface area contributed by atoms with Gasteiger partial charge in [0.25, 0.3) is 0 Å². The van der Waals surface area contributed by atoms with Crippen LogP contribution in [0.1, 0.15) is 36.9 Å². The summed E-state index contributed by atoms with van der Waals surface area (Å²) < 4.78 is 5.91. The van der Waals surface area contributed by atoms with E-state index in [-0.39, 0.29) is 24.8 Å². The molecule has 3 nitrogen and oxygen atoms in total. The molecule has 5 heteroatoms. The van der Waals surface area contributed by atoms with Crippen molar-refractivity contribution in [2.45, 2.75) is 32.4 Å². The lowest BCUT2D eigenvalue weighted by molar-refractivity contribution is 0.164. The van der Waals surface area contributed by atoms with E-state index >= 15 is 0 Å². The van der Waals surface area contributed by atoms with Crippen molar-refractivity contribution in [2.24, 2.45) is 0 Å². The summed E-state index contributed by atoms with van der Waals surface area (Å²) in [5.41, 5.74) is 2.61. The van der Waals surface area contributed by atoms with E-state index < -0.39 is 0 Å². The van der Waals surface area contributed by atoms with Crippen LogP contribution in [0.5, 0.6) is 5.75 Å². The number of nitrogens with one attached hydrogen (secondary N) is 1. The van der Waals surface area contributed by atoms with Crippen LogP contribution >= 0.6 is 24.8 Å². The van der Waals surface area contributed by atoms with Crippen LogP contribution < -0.4 is 10.1 Å². The molecule has 1 aliphatic rings. The van der Waals surface area contributed by atoms with Crippen molar-refractivity contribution in [1.29, 1.82) is 0 Å². The van der Waals surface area contributed by atoms with Crippen LogP contribution in [0.4, 0.5) is 0 Å². The molecule has 0 bridgehead atoms. The third-order valence-corrected chi connectivity index (χ3v) is 4.67. The molecule has 2 aromatic rings. The fraction of sp³-hybridized carbons (Fsp3) is 0.429. The number of rotatable bonds is 7. The molecular weight excluding hydrogens is 367 g/mol. The van der Waals surface area contributed by atoms with Crippen LogP contribution in [0.2, 0.25) is 0 Å². The molecule has 0 aromatic heterocycles. The number of benzene rings is 2. The Bertz CT molecular complexity index is 601. The lowest BCUT2D eigenvalue weighted by atomic mass is 10.00. The highest BCUT2D eigenvalue weighted by Gasteiger charge is 2.21. The van der Waals surface area contributed by atoms with Crippen LogP contribution in [-0.2, 0) is 6.61 Å². The van der Waals surface area contributed by atoms with Crippen molar-refractivity contribution in [2.75, 3.05) is 26.2 Å². The first-order chi connectivity index (χ1) is 11.9. The molecule has 144 valence electrons. The van der Waals surface area contributed by atoms with Crippen LogP contribution in [-0.4, -0.2) is 31.1 Å². The van der Waals surface area contributed by atoms with Crippen molar-refractivity contribution in [3.63, 3.8) is 0 Å². The molecule has 2 aromatic carbocycles. The molecule has 0 radical (unpaired) electrons. The maximum absolute atomic E-state index is 5.91. The van der Waals surface area contributed by atoms with E-state index in [9.17, 15) is 0 Å². The lowest BCUT2D eigenvalue weighted by Crippen LogP contribution is -2.45. The van der Waals surface area contributed by atoms with Gasteiger partial charge in [-0.25, -0.2) is 0 Å². The minimum Gasteiger partial charge on any atom is -0.489 e. The molecule has 1 heterocycles. The van der Waals surface area contributed by atoms with Crippen LogP contribution in [0, 0.1) is 0 Å². The molecule has 1 atom stereocenters. The summed E-state index contributed by atoms with van der Waals surface area (Å²) >= 11 is 0. The number of hydrogen-bond donors (Lipinski definition) is 1. The molecule has 26 heavy (non-hydrogen) atoms. The monoisotopic (exact) mass is 396 g/mol. The molecule has 0 amide bonds. The van der Waals surface area contributed by atoms with Crippen molar-refractivity contribution in [3.05, 3.63) is 65.7 Å². The molecule has 1 N–H and O–H groups in total. The van der Waals surface area contributed by atoms with Gasteiger partial charge in [0, 0.05) is 32.2 Å². The van der Waals surface area contributed by atoms with Gasteiger partial charge in [-0.2, -0.15) is 0 Å². The second kappa shape index (κ2) is 12.2. The van der Waals surface area contributed by atoms with E-state index in [4.69, 9.17) is 4.74 Å². The Morgan fingerprint density at radius 1 is 0.962 bits per heavy atom. The second-order valence-corrected chi connectivity index (χ2v) is 6.43. The summed E-state index contributed by atoms with van der Waals surface area (Å²) in [6.07, 6.45) is 2.42.